The first kappa shape index (κ1) is 18.6. The predicted octanol–water partition coefficient (Wildman–Crippen LogP) is 4.22. The molecular weight excluding hydrogens is 336 g/mol. The van der Waals surface area contributed by atoms with Gasteiger partial charge in [-0.3, -0.25) is 4.79 Å². The van der Waals surface area contributed by atoms with Crippen molar-refractivity contribution in [2.24, 2.45) is 0 Å². The quantitative estimate of drug-likeness (QED) is 0.660. The van der Waals surface area contributed by atoms with Gasteiger partial charge in [0.1, 0.15) is 17.3 Å². The minimum Gasteiger partial charge on any atom is -0.336 e. The van der Waals surface area contributed by atoms with Crippen molar-refractivity contribution in [1.82, 2.24) is 14.9 Å². The molecule has 0 bridgehead atoms. The number of hydrogen-bond acceptors (Lipinski definition) is 4. The van der Waals surface area contributed by atoms with Crippen LogP contribution >= 0.6 is 0 Å². The first-order chi connectivity index (χ1) is 13.1. The van der Waals surface area contributed by atoms with Gasteiger partial charge in [-0.15, -0.1) is 0 Å². The lowest BCUT2D eigenvalue weighted by Gasteiger charge is -2.23. The zero-order valence-corrected chi connectivity index (χ0v) is 16.0. The van der Waals surface area contributed by atoms with Crippen LogP contribution in [0.3, 0.4) is 0 Å². The molecule has 0 aliphatic rings. The minimum absolute atomic E-state index is 0.116. The normalized spacial score (nSPS) is 10.5. The third-order valence-electron chi connectivity index (χ3n) is 4.31. The molecule has 0 atom stereocenters. The second-order valence-corrected chi connectivity index (χ2v) is 6.39. The van der Waals surface area contributed by atoms with E-state index in [1.165, 1.54) is 0 Å². The summed E-state index contributed by atoms with van der Waals surface area (Å²) in [5, 5.41) is 0. The van der Waals surface area contributed by atoms with Crippen molar-refractivity contribution in [2.75, 3.05) is 18.5 Å². The van der Waals surface area contributed by atoms with Crippen LogP contribution in [0.1, 0.15) is 28.8 Å². The third-order valence-corrected chi connectivity index (χ3v) is 4.31. The summed E-state index contributed by atoms with van der Waals surface area (Å²) >= 11 is 0. The zero-order chi connectivity index (χ0) is 19.2. The molecular formula is C22H24N4O. The van der Waals surface area contributed by atoms with E-state index in [2.05, 4.69) is 21.8 Å². The van der Waals surface area contributed by atoms with Crippen molar-refractivity contribution in [3.05, 3.63) is 83.8 Å². The molecule has 3 rings (SSSR count). The standard InChI is InChI=1S/C22H24N4O/c1-4-26(19-13-9-6-10-14-19)21-15-20(23-17(2)24-21)22(27)25(3)16-18-11-7-5-8-12-18/h5-15H,4,16H2,1-3H3. The molecule has 5 nitrogen and oxygen atoms in total. The number of rotatable bonds is 6. The fraction of sp³-hybridized carbons (Fsp3) is 0.227. The molecule has 138 valence electrons. The average molecular weight is 360 g/mol. The molecule has 0 aliphatic heterocycles. The Labute approximate surface area is 160 Å². The van der Waals surface area contributed by atoms with Gasteiger partial charge in [0.15, 0.2) is 0 Å². The van der Waals surface area contributed by atoms with Gasteiger partial charge in [-0.25, -0.2) is 9.97 Å². The van der Waals surface area contributed by atoms with Gasteiger partial charge in [-0.2, -0.15) is 0 Å². The van der Waals surface area contributed by atoms with E-state index < -0.39 is 0 Å². The lowest BCUT2D eigenvalue weighted by Crippen LogP contribution is -2.28. The van der Waals surface area contributed by atoms with Crippen molar-refractivity contribution in [2.45, 2.75) is 20.4 Å². The molecule has 0 unspecified atom stereocenters. The van der Waals surface area contributed by atoms with Gasteiger partial charge in [0.05, 0.1) is 0 Å². The molecule has 0 saturated carbocycles. The maximum atomic E-state index is 12.9. The summed E-state index contributed by atoms with van der Waals surface area (Å²) in [4.78, 5) is 25.6. The Morgan fingerprint density at radius 3 is 2.22 bits per heavy atom. The van der Waals surface area contributed by atoms with Gasteiger partial charge < -0.3 is 9.80 Å². The van der Waals surface area contributed by atoms with E-state index in [-0.39, 0.29) is 5.91 Å². The van der Waals surface area contributed by atoms with Crippen LogP contribution < -0.4 is 4.90 Å². The predicted molar refractivity (Wildman–Crippen MR) is 108 cm³/mol. The van der Waals surface area contributed by atoms with Crippen molar-refractivity contribution in [1.29, 1.82) is 0 Å². The van der Waals surface area contributed by atoms with E-state index in [1.54, 1.807) is 18.0 Å². The highest BCUT2D eigenvalue weighted by atomic mass is 16.2. The fourth-order valence-electron chi connectivity index (χ4n) is 3.01. The zero-order valence-electron chi connectivity index (χ0n) is 16.0. The summed E-state index contributed by atoms with van der Waals surface area (Å²) in [6, 6.07) is 21.7. The Hall–Kier alpha value is -3.21. The van der Waals surface area contributed by atoms with E-state index in [0.29, 0.717) is 18.1 Å². The van der Waals surface area contributed by atoms with E-state index in [4.69, 9.17) is 0 Å². The summed E-state index contributed by atoms with van der Waals surface area (Å²) in [5.74, 6) is 1.20. The second-order valence-electron chi connectivity index (χ2n) is 6.39. The number of amides is 1. The summed E-state index contributed by atoms with van der Waals surface area (Å²) < 4.78 is 0. The van der Waals surface area contributed by atoms with Gasteiger partial charge in [0.25, 0.3) is 5.91 Å². The van der Waals surface area contributed by atoms with Crippen molar-refractivity contribution < 1.29 is 4.79 Å². The summed E-state index contributed by atoms with van der Waals surface area (Å²) in [7, 11) is 1.79. The van der Waals surface area contributed by atoms with Crippen LogP contribution in [0.5, 0.6) is 0 Å². The topological polar surface area (TPSA) is 49.3 Å². The van der Waals surface area contributed by atoms with Crippen LogP contribution in [0.2, 0.25) is 0 Å². The number of anilines is 2. The van der Waals surface area contributed by atoms with Gasteiger partial charge in [0, 0.05) is 31.9 Å². The van der Waals surface area contributed by atoms with E-state index in [9.17, 15) is 4.79 Å². The Balaban J connectivity index is 1.87. The van der Waals surface area contributed by atoms with Crippen molar-refractivity contribution in [3.63, 3.8) is 0 Å². The maximum Gasteiger partial charge on any atom is 0.272 e. The van der Waals surface area contributed by atoms with Crippen LogP contribution in [-0.4, -0.2) is 34.4 Å². The number of nitrogens with zero attached hydrogens (tertiary/aromatic N) is 4. The highest BCUT2D eigenvalue weighted by molar-refractivity contribution is 5.93. The highest BCUT2D eigenvalue weighted by Gasteiger charge is 2.18. The van der Waals surface area contributed by atoms with Crippen molar-refractivity contribution >= 4 is 17.4 Å². The Morgan fingerprint density at radius 2 is 1.59 bits per heavy atom. The molecule has 3 aromatic rings. The highest BCUT2D eigenvalue weighted by Crippen LogP contribution is 2.24. The molecule has 0 saturated heterocycles. The number of aromatic nitrogens is 2. The van der Waals surface area contributed by atoms with Gasteiger partial charge in [0.2, 0.25) is 0 Å². The number of hydrogen-bond donors (Lipinski definition) is 0. The monoisotopic (exact) mass is 360 g/mol. The fourth-order valence-corrected chi connectivity index (χ4v) is 3.01. The molecule has 0 aliphatic carbocycles. The number of carbonyl (C=O) groups excluding carboxylic acids is 1. The van der Waals surface area contributed by atoms with E-state index in [1.807, 2.05) is 67.6 Å². The number of carbonyl (C=O) groups is 1. The minimum atomic E-state index is -0.116. The van der Waals surface area contributed by atoms with Gasteiger partial charge in [-0.05, 0) is 31.5 Å². The number of para-hydroxylation sites is 1. The van der Waals surface area contributed by atoms with Crippen LogP contribution in [0.25, 0.3) is 0 Å². The Bertz CT molecular complexity index is 897. The smallest absolute Gasteiger partial charge is 0.272 e. The van der Waals surface area contributed by atoms with E-state index >= 15 is 0 Å². The Kier molecular flexibility index (Phi) is 5.81. The molecule has 0 N–H and O–H groups in total. The molecule has 0 radical (unpaired) electrons. The van der Waals surface area contributed by atoms with Crippen LogP contribution in [0.15, 0.2) is 66.7 Å². The van der Waals surface area contributed by atoms with E-state index in [0.717, 1.165) is 23.6 Å². The third kappa shape index (κ3) is 4.50. The lowest BCUT2D eigenvalue weighted by atomic mass is 10.2. The summed E-state index contributed by atoms with van der Waals surface area (Å²) in [6.45, 7) is 5.16. The average Bonchev–Trinajstić information content (AvgIpc) is 2.69. The molecule has 1 amide bonds. The number of aryl methyl sites for hydroxylation is 1. The maximum absolute atomic E-state index is 12.9. The molecule has 1 aromatic heterocycles. The molecule has 5 heteroatoms. The van der Waals surface area contributed by atoms with Crippen molar-refractivity contribution in [3.8, 4) is 0 Å². The SMILES string of the molecule is CCN(c1ccccc1)c1cc(C(=O)N(C)Cc2ccccc2)nc(C)n1. The Morgan fingerprint density at radius 1 is 0.963 bits per heavy atom. The van der Waals surface area contributed by atoms with Crippen LogP contribution in [0.4, 0.5) is 11.5 Å². The van der Waals surface area contributed by atoms with Gasteiger partial charge >= 0.3 is 0 Å². The first-order valence-electron chi connectivity index (χ1n) is 9.06. The molecule has 27 heavy (non-hydrogen) atoms. The lowest BCUT2D eigenvalue weighted by molar-refractivity contribution is 0.0779. The first-order valence-corrected chi connectivity index (χ1v) is 9.06. The molecule has 2 aromatic carbocycles. The van der Waals surface area contributed by atoms with Crippen LogP contribution in [-0.2, 0) is 6.54 Å². The van der Waals surface area contributed by atoms with Crippen LogP contribution in [0, 0.1) is 6.92 Å². The molecule has 0 fully saturated rings. The second kappa shape index (κ2) is 8.45. The summed E-state index contributed by atoms with van der Waals surface area (Å²) in [5.41, 5.74) is 2.53. The number of benzene rings is 2. The molecule has 1 heterocycles. The summed E-state index contributed by atoms with van der Waals surface area (Å²) in [6.07, 6.45) is 0. The largest absolute Gasteiger partial charge is 0.336 e. The molecule has 0 spiro atoms. The van der Waals surface area contributed by atoms with Gasteiger partial charge in [-0.1, -0.05) is 48.5 Å².